The Kier molecular flexibility index (Phi) is 3.57. The van der Waals surface area contributed by atoms with E-state index in [2.05, 4.69) is 72.1 Å². The van der Waals surface area contributed by atoms with Gasteiger partial charge in [0.25, 0.3) is 5.82 Å². The van der Waals surface area contributed by atoms with Crippen LogP contribution >= 0.6 is 0 Å². The summed E-state index contributed by atoms with van der Waals surface area (Å²) in [6, 6.07) is 18.6. The number of imidazole rings is 2. The van der Waals surface area contributed by atoms with Crippen LogP contribution in [-0.2, 0) is 0 Å². The van der Waals surface area contributed by atoms with Gasteiger partial charge in [0.1, 0.15) is 23.6 Å². The van der Waals surface area contributed by atoms with Crippen molar-refractivity contribution >= 4 is 28.0 Å². The van der Waals surface area contributed by atoms with Crippen molar-refractivity contribution in [3.8, 4) is 5.69 Å². The zero-order valence-electron chi connectivity index (χ0n) is 14.7. The maximum Gasteiger partial charge on any atom is 0.283 e. The lowest BCUT2D eigenvalue weighted by atomic mass is 10.2. The number of fused-ring (bicyclic) bond motifs is 2. The number of para-hydroxylation sites is 3. The molecule has 0 fully saturated rings. The minimum atomic E-state index is -0.0287. The topological polar surface area (TPSA) is 86.2 Å². The van der Waals surface area contributed by atoms with Gasteiger partial charge in [0.05, 0.1) is 6.33 Å². The Labute approximate surface area is 155 Å². The Balaban J connectivity index is 1.63. The van der Waals surface area contributed by atoms with Crippen molar-refractivity contribution in [1.29, 1.82) is 0 Å². The monoisotopic (exact) mass is 356 g/mol. The molecule has 3 N–H and O–H groups in total. The number of hydrogen-bond acceptors (Lipinski definition) is 4. The number of aromatic amines is 2. The zero-order valence-corrected chi connectivity index (χ0v) is 14.7. The molecule has 1 atom stereocenters. The van der Waals surface area contributed by atoms with Crippen LogP contribution in [0.2, 0.25) is 0 Å². The fourth-order valence-electron chi connectivity index (χ4n) is 3.40. The summed E-state index contributed by atoms with van der Waals surface area (Å²) in [6.45, 7) is 2.11. The summed E-state index contributed by atoms with van der Waals surface area (Å²) in [5.74, 6) is 1.76. The molecule has 0 saturated carbocycles. The molecule has 0 bridgehead atoms. The second-order valence-electron chi connectivity index (χ2n) is 6.39. The fraction of sp³-hybridized carbons (Fsp3) is 0.100. The minimum Gasteiger partial charge on any atom is -0.355 e. The molecule has 0 amide bonds. The van der Waals surface area contributed by atoms with Crippen molar-refractivity contribution in [3.63, 3.8) is 0 Å². The van der Waals surface area contributed by atoms with Gasteiger partial charge in [0.2, 0.25) is 0 Å². The number of aromatic nitrogens is 6. The first kappa shape index (κ1) is 15.5. The van der Waals surface area contributed by atoms with E-state index < -0.39 is 0 Å². The predicted octanol–water partition coefficient (Wildman–Crippen LogP) is 3.28. The Morgan fingerprint density at radius 1 is 0.963 bits per heavy atom. The highest BCUT2D eigenvalue weighted by Gasteiger charge is 2.26. The Bertz CT molecular complexity index is 1220. The van der Waals surface area contributed by atoms with Gasteiger partial charge < -0.3 is 10.3 Å². The molecule has 2 aromatic carbocycles. The average molecular weight is 356 g/mol. The van der Waals surface area contributed by atoms with Crippen LogP contribution in [0.15, 0.2) is 67.3 Å². The van der Waals surface area contributed by atoms with Crippen LogP contribution in [0.1, 0.15) is 18.8 Å². The van der Waals surface area contributed by atoms with E-state index in [0.29, 0.717) is 5.65 Å². The lowest BCUT2D eigenvalue weighted by molar-refractivity contribution is -0.577. The first-order valence-corrected chi connectivity index (χ1v) is 8.80. The van der Waals surface area contributed by atoms with E-state index >= 15 is 0 Å². The molecule has 0 aliphatic heterocycles. The number of hydrogen-bond donors (Lipinski definition) is 3. The summed E-state index contributed by atoms with van der Waals surface area (Å²) in [4.78, 5) is 19.4. The molecule has 0 aliphatic carbocycles. The highest BCUT2D eigenvalue weighted by atomic mass is 15.2. The van der Waals surface area contributed by atoms with Crippen LogP contribution in [0, 0.1) is 0 Å². The summed E-state index contributed by atoms with van der Waals surface area (Å²) in [5, 5.41) is 3.48. The summed E-state index contributed by atoms with van der Waals surface area (Å²) in [6.07, 6.45) is 3.15. The standard InChI is InChI=1S/C20H17N7/c1-13(25-19-17-18(22-11-21-17)23-12-24-19)20-26-15-9-5-6-10-16(15)27(20)14-7-3-2-4-8-14/h2-13H,1H3,(H2,21,22,23,24,25)/p+1/t13-/m0/s1. The van der Waals surface area contributed by atoms with Crippen molar-refractivity contribution in [2.75, 3.05) is 5.32 Å². The molecule has 7 nitrogen and oxygen atoms in total. The van der Waals surface area contributed by atoms with E-state index in [0.717, 1.165) is 33.9 Å². The number of nitrogens with one attached hydrogen (secondary N) is 3. The predicted molar refractivity (Wildman–Crippen MR) is 104 cm³/mol. The number of nitrogens with zero attached hydrogens (tertiary/aromatic N) is 4. The molecule has 3 aromatic heterocycles. The molecule has 27 heavy (non-hydrogen) atoms. The van der Waals surface area contributed by atoms with E-state index in [1.54, 1.807) is 6.33 Å². The third-order valence-corrected chi connectivity index (χ3v) is 4.65. The molecule has 0 radical (unpaired) electrons. The molecule has 5 aromatic rings. The minimum absolute atomic E-state index is 0.0287. The van der Waals surface area contributed by atoms with Crippen LogP contribution < -0.4 is 9.88 Å². The third kappa shape index (κ3) is 2.60. The van der Waals surface area contributed by atoms with Crippen LogP contribution in [0.3, 0.4) is 0 Å². The fourth-order valence-corrected chi connectivity index (χ4v) is 3.40. The molecule has 5 rings (SSSR count). The Hall–Kier alpha value is -3.74. The highest BCUT2D eigenvalue weighted by Crippen LogP contribution is 2.22. The second-order valence-corrected chi connectivity index (χ2v) is 6.39. The van der Waals surface area contributed by atoms with Gasteiger partial charge in [-0.15, -0.1) is 0 Å². The lowest BCUT2D eigenvalue weighted by Crippen LogP contribution is -2.36. The van der Waals surface area contributed by atoms with Crippen molar-refractivity contribution in [3.05, 3.63) is 73.1 Å². The second kappa shape index (κ2) is 6.21. The number of rotatable bonds is 4. The van der Waals surface area contributed by atoms with Crippen molar-refractivity contribution < 1.29 is 4.57 Å². The quantitative estimate of drug-likeness (QED) is 0.431. The van der Waals surface area contributed by atoms with Crippen molar-refractivity contribution in [1.82, 2.24) is 24.9 Å². The van der Waals surface area contributed by atoms with Gasteiger partial charge >= 0.3 is 0 Å². The van der Waals surface area contributed by atoms with E-state index in [1.807, 2.05) is 24.3 Å². The SMILES string of the molecule is C[C@H](Nc1ncnc2nc[nH]c12)c1[nH]c2ccccc2[n+]1-c1ccccc1. The smallest absolute Gasteiger partial charge is 0.283 e. The van der Waals surface area contributed by atoms with Crippen LogP contribution in [0.4, 0.5) is 5.82 Å². The maximum absolute atomic E-state index is 4.38. The van der Waals surface area contributed by atoms with Gasteiger partial charge in [0, 0.05) is 0 Å². The summed E-state index contributed by atoms with van der Waals surface area (Å²) >= 11 is 0. The molecule has 0 saturated heterocycles. The van der Waals surface area contributed by atoms with Gasteiger partial charge in [-0.1, -0.05) is 30.3 Å². The first-order valence-electron chi connectivity index (χ1n) is 8.80. The van der Waals surface area contributed by atoms with Crippen molar-refractivity contribution in [2.24, 2.45) is 0 Å². The lowest BCUT2D eigenvalue weighted by Gasteiger charge is -2.12. The molecular formula is C20H18N7+. The zero-order chi connectivity index (χ0) is 18.2. The van der Waals surface area contributed by atoms with Crippen molar-refractivity contribution in [2.45, 2.75) is 13.0 Å². The first-order chi connectivity index (χ1) is 13.3. The van der Waals surface area contributed by atoms with Gasteiger partial charge in [-0.3, -0.25) is 0 Å². The van der Waals surface area contributed by atoms with E-state index in [9.17, 15) is 0 Å². The van der Waals surface area contributed by atoms with Crippen LogP contribution in [0.25, 0.3) is 27.9 Å². The Morgan fingerprint density at radius 2 is 1.78 bits per heavy atom. The Morgan fingerprint density at radius 3 is 2.67 bits per heavy atom. The highest BCUT2D eigenvalue weighted by molar-refractivity contribution is 5.82. The number of benzene rings is 2. The molecule has 7 heteroatoms. The van der Waals surface area contributed by atoms with Crippen LogP contribution in [0.5, 0.6) is 0 Å². The van der Waals surface area contributed by atoms with E-state index in [1.165, 1.54) is 6.33 Å². The summed E-state index contributed by atoms with van der Waals surface area (Å²) < 4.78 is 2.23. The summed E-state index contributed by atoms with van der Waals surface area (Å²) in [5.41, 5.74) is 4.76. The molecular weight excluding hydrogens is 338 g/mol. The van der Waals surface area contributed by atoms with Gasteiger partial charge in [-0.25, -0.2) is 19.9 Å². The molecule has 0 aliphatic rings. The molecule has 0 spiro atoms. The molecule has 132 valence electrons. The molecule has 0 unspecified atom stereocenters. The van der Waals surface area contributed by atoms with E-state index in [4.69, 9.17) is 0 Å². The third-order valence-electron chi connectivity index (χ3n) is 4.65. The average Bonchev–Trinajstić information content (AvgIpc) is 3.34. The van der Waals surface area contributed by atoms with Gasteiger partial charge in [-0.05, 0) is 31.2 Å². The van der Waals surface area contributed by atoms with Crippen LogP contribution in [-0.4, -0.2) is 24.9 Å². The van der Waals surface area contributed by atoms with E-state index in [-0.39, 0.29) is 6.04 Å². The van der Waals surface area contributed by atoms with Gasteiger partial charge in [-0.2, -0.15) is 4.57 Å². The number of anilines is 1. The normalized spacial score (nSPS) is 12.5. The largest absolute Gasteiger partial charge is 0.355 e. The number of H-pyrrole nitrogens is 2. The molecule has 3 heterocycles. The van der Waals surface area contributed by atoms with Gasteiger partial charge in [0.15, 0.2) is 22.5 Å². The summed E-state index contributed by atoms with van der Waals surface area (Å²) in [7, 11) is 0. The maximum atomic E-state index is 4.38.